The number of allylic oxidation sites excluding steroid dienone is 1. The lowest BCUT2D eigenvalue weighted by molar-refractivity contribution is 0.136. The molecule has 0 fully saturated rings. The highest BCUT2D eigenvalue weighted by atomic mass is 16.3. The Morgan fingerprint density at radius 3 is 1.31 bits per heavy atom. The molecule has 0 saturated carbocycles. The second-order valence-electron chi connectivity index (χ2n) is 2.30. The zero-order chi connectivity index (χ0) is 10.5. The third kappa shape index (κ3) is 14.4. The SMILES string of the molecule is OCCN(CCO)CCO.[CH2]C=C. The fraction of sp³-hybridized carbons (Fsp3) is 0.667. The van der Waals surface area contributed by atoms with Crippen LogP contribution in [0.15, 0.2) is 12.7 Å². The van der Waals surface area contributed by atoms with Crippen molar-refractivity contribution in [3.8, 4) is 0 Å². The molecule has 0 spiro atoms. The van der Waals surface area contributed by atoms with Gasteiger partial charge in [-0.15, -0.1) is 6.58 Å². The minimum absolute atomic E-state index is 0.0694. The Morgan fingerprint density at radius 2 is 1.15 bits per heavy atom. The Labute approximate surface area is 80.1 Å². The Morgan fingerprint density at radius 1 is 0.923 bits per heavy atom. The van der Waals surface area contributed by atoms with Gasteiger partial charge in [0.1, 0.15) is 0 Å². The van der Waals surface area contributed by atoms with Crippen molar-refractivity contribution in [3.05, 3.63) is 19.6 Å². The molecule has 0 aliphatic heterocycles. The molecule has 0 rings (SSSR count). The number of nitrogens with zero attached hydrogens (tertiary/aromatic N) is 1. The number of aliphatic hydroxyl groups is 3. The van der Waals surface area contributed by atoms with Crippen LogP contribution >= 0.6 is 0 Å². The number of aliphatic hydroxyl groups excluding tert-OH is 3. The number of hydrogen-bond acceptors (Lipinski definition) is 4. The first-order chi connectivity index (χ1) is 6.26. The van der Waals surface area contributed by atoms with Gasteiger partial charge >= 0.3 is 0 Å². The summed E-state index contributed by atoms with van der Waals surface area (Å²) < 4.78 is 0. The van der Waals surface area contributed by atoms with Crippen LogP contribution in [0.3, 0.4) is 0 Å². The van der Waals surface area contributed by atoms with Crippen LogP contribution in [0, 0.1) is 6.92 Å². The van der Waals surface area contributed by atoms with E-state index in [9.17, 15) is 0 Å². The van der Waals surface area contributed by atoms with E-state index in [1.165, 1.54) is 6.08 Å². The molecule has 1 radical (unpaired) electrons. The highest BCUT2D eigenvalue weighted by molar-refractivity contribution is 4.66. The largest absolute Gasteiger partial charge is 0.395 e. The summed E-state index contributed by atoms with van der Waals surface area (Å²) in [7, 11) is 0. The molecule has 4 heteroatoms. The van der Waals surface area contributed by atoms with Gasteiger partial charge in [-0.1, -0.05) is 6.08 Å². The third-order valence-electron chi connectivity index (χ3n) is 1.25. The fourth-order valence-electron chi connectivity index (χ4n) is 0.760. The van der Waals surface area contributed by atoms with Crippen LogP contribution in [0.1, 0.15) is 0 Å². The van der Waals surface area contributed by atoms with Crippen LogP contribution in [0.25, 0.3) is 0 Å². The molecule has 13 heavy (non-hydrogen) atoms. The van der Waals surface area contributed by atoms with Gasteiger partial charge in [0.05, 0.1) is 19.8 Å². The molecular formula is C9H20NO3. The lowest BCUT2D eigenvalue weighted by Gasteiger charge is -2.17. The normalized spacial score (nSPS) is 9.31. The van der Waals surface area contributed by atoms with Crippen molar-refractivity contribution < 1.29 is 15.3 Å². The first-order valence-electron chi connectivity index (χ1n) is 4.21. The Kier molecular flexibility index (Phi) is 16.4. The van der Waals surface area contributed by atoms with E-state index in [4.69, 9.17) is 15.3 Å². The molecule has 0 amide bonds. The van der Waals surface area contributed by atoms with E-state index in [1.54, 1.807) is 4.90 Å². The topological polar surface area (TPSA) is 63.9 Å². The molecule has 0 aliphatic carbocycles. The monoisotopic (exact) mass is 190 g/mol. The van der Waals surface area contributed by atoms with Crippen molar-refractivity contribution in [2.24, 2.45) is 0 Å². The number of rotatable bonds is 6. The molecule has 79 valence electrons. The zero-order valence-corrected chi connectivity index (χ0v) is 8.02. The van der Waals surface area contributed by atoms with Gasteiger partial charge in [0.25, 0.3) is 0 Å². The molecule has 0 saturated heterocycles. The van der Waals surface area contributed by atoms with Crippen LogP contribution < -0.4 is 0 Å². The average Bonchev–Trinajstić information content (AvgIpc) is 2.07. The van der Waals surface area contributed by atoms with E-state index >= 15 is 0 Å². The molecule has 4 nitrogen and oxygen atoms in total. The molecule has 3 N–H and O–H groups in total. The Bertz CT molecular complexity index is 84.6. The smallest absolute Gasteiger partial charge is 0.0558 e. The standard InChI is InChI=1S/C6H15NO3.C3H5/c8-4-1-7(2-5-9)3-6-10;1-3-2/h8-10H,1-6H2;3H,1-2H2. The molecule has 0 bridgehead atoms. The van der Waals surface area contributed by atoms with E-state index in [0.717, 1.165) is 0 Å². The van der Waals surface area contributed by atoms with Crippen LogP contribution in [-0.2, 0) is 0 Å². The third-order valence-corrected chi connectivity index (χ3v) is 1.25. The van der Waals surface area contributed by atoms with E-state index in [-0.39, 0.29) is 19.8 Å². The summed E-state index contributed by atoms with van der Waals surface area (Å²) in [5.74, 6) is 0. The van der Waals surface area contributed by atoms with Crippen molar-refractivity contribution >= 4 is 0 Å². The Hall–Kier alpha value is -0.420. The summed E-state index contributed by atoms with van der Waals surface area (Å²) in [4.78, 5) is 1.79. The molecular weight excluding hydrogens is 170 g/mol. The van der Waals surface area contributed by atoms with Crippen LogP contribution in [-0.4, -0.2) is 59.7 Å². The van der Waals surface area contributed by atoms with E-state index in [0.29, 0.717) is 19.6 Å². The fourth-order valence-corrected chi connectivity index (χ4v) is 0.760. The highest BCUT2D eigenvalue weighted by Gasteiger charge is 2.00. The highest BCUT2D eigenvalue weighted by Crippen LogP contribution is 1.84. The van der Waals surface area contributed by atoms with Gasteiger partial charge in [-0.3, -0.25) is 4.90 Å². The quantitative estimate of drug-likeness (QED) is 0.517. The average molecular weight is 190 g/mol. The van der Waals surface area contributed by atoms with E-state index in [2.05, 4.69) is 13.5 Å². The molecule has 0 aromatic heterocycles. The zero-order valence-electron chi connectivity index (χ0n) is 8.02. The van der Waals surface area contributed by atoms with E-state index in [1.807, 2.05) is 0 Å². The summed E-state index contributed by atoms with van der Waals surface area (Å²) in [5.41, 5.74) is 0. The number of hydrogen-bond donors (Lipinski definition) is 3. The lowest BCUT2D eigenvalue weighted by atomic mass is 10.4. The van der Waals surface area contributed by atoms with Crippen molar-refractivity contribution in [1.29, 1.82) is 0 Å². The molecule has 0 aliphatic rings. The summed E-state index contributed by atoms with van der Waals surface area (Å²) in [6.45, 7) is 8.25. The van der Waals surface area contributed by atoms with Crippen molar-refractivity contribution in [1.82, 2.24) is 4.90 Å². The molecule has 0 aromatic rings. The van der Waals surface area contributed by atoms with Gasteiger partial charge in [0.15, 0.2) is 0 Å². The predicted octanol–water partition coefficient (Wildman–Crippen LogP) is -0.728. The van der Waals surface area contributed by atoms with Crippen LogP contribution in [0.2, 0.25) is 0 Å². The van der Waals surface area contributed by atoms with E-state index < -0.39 is 0 Å². The van der Waals surface area contributed by atoms with Crippen LogP contribution in [0.5, 0.6) is 0 Å². The lowest BCUT2D eigenvalue weighted by Crippen LogP contribution is -2.32. The Balaban J connectivity index is 0. The van der Waals surface area contributed by atoms with Gasteiger partial charge in [0, 0.05) is 19.6 Å². The second-order valence-corrected chi connectivity index (χ2v) is 2.30. The molecule has 0 atom stereocenters. The molecule has 0 unspecified atom stereocenters. The minimum Gasteiger partial charge on any atom is -0.395 e. The summed E-state index contributed by atoms with van der Waals surface area (Å²) >= 11 is 0. The van der Waals surface area contributed by atoms with Gasteiger partial charge in [0.2, 0.25) is 0 Å². The molecule has 0 heterocycles. The van der Waals surface area contributed by atoms with Gasteiger partial charge in [-0.2, -0.15) is 0 Å². The molecule has 0 aromatic carbocycles. The predicted molar refractivity (Wildman–Crippen MR) is 53.3 cm³/mol. The summed E-state index contributed by atoms with van der Waals surface area (Å²) in [6, 6.07) is 0. The van der Waals surface area contributed by atoms with Crippen molar-refractivity contribution in [2.45, 2.75) is 0 Å². The van der Waals surface area contributed by atoms with Crippen molar-refractivity contribution in [2.75, 3.05) is 39.5 Å². The summed E-state index contributed by atoms with van der Waals surface area (Å²) in [6.07, 6.45) is 1.50. The first-order valence-corrected chi connectivity index (χ1v) is 4.21. The summed E-state index contributed by atoms with van der Waals surface area (Å²) in [5, 5.41) is 25.5. The maximum Gasteiger partial charge on any atom is 0.0558 e. The second kappa shape index (κ2) is 14.1. The van der Waals surface area contributed by atoms with Crippen molar-refractivity contribution in [3.63, 3.8) is 0 Å². The van der Waals surface area contributed by atoms with Gasteiger partial charge in [-0.25, -0.2) is 0 Å². The minimum atomic E-state index is 0.0694. The van der Waals surface area contributed by atoms with Gasteiger partial charge < -0.3 is 15.3 Å². The first kappa shape index (κ1) is 15.1. The maximum absolute atomic E-state index is 8.48. The maximum atomic E-state index is 8.48. The van der Waals surface area contributed by atoms with Gasteiger partial charge in [-0.05, 0) is 6.92 Å². The van der Waals surface area contributed by atoms with Crippen LogP contribution in [0.4, 0.5) is 0 Å².